The normalized spacial score (nSPS) is 12.7. The molecule has 1 heterocycles. The molecule has 0 fully saturated rings. The number of aliphatic carboxylic acids is 1. The number of phenolic OH excluding ortho intramolecular Hbond substituents is 1. The molecule has 1 aromatic heterocycles. The SMILES string of the molecule is O=C(O)[C@@H](Cc1ccc(O)cc1)n1cc(CSc2cccc(C(F)(F)F)c2)nn1. The monoisotopic (exact) mass is 423 g/mol. The average Bonchev–Trinajstić information content (AvgIpc) is 3.14. The Morgan fingerprint density at radius 3 is 2.55 bits per heavy atom. The molecule has 0 amide bonds. The summed E-state index contributed by atoms with van der Waals surface area (Å²) in [5.41, 5.74) is 0.418. The first-order valence-electron chi connectivity index (χ1n) is 8.44. The Bertz CT molecular complexity index is 990. The summed E-state index contributed by atoms with van der Waals surface area (Å²) in [7, 11) is 0. The summed E-state index contributed by atoms with van der Waals surface area (Å²) in [4.78, 5) is 12.1. The van der Waals surface area contributed by atoms with Crippen LogP contribution in [-0.2, 0) is 23.1 Å². The number of aromatic hydroxyl groups is 1. The van der Waals surface area contributed by atoms with Gasteiger partial charge in [0.05, 0.1) is 17.5 Å². The van der Waals surface area contributed by atoms with Gasteiger partial charge in [-0.2, -0.15) is 13.2 Å². The van der Waals surface area contributed by atoms with Gasteiger partial charge >= 0.3 is 12.1 Å². The average molecular weight is 423 g/mol. The van der Waals surface area contributed by atoms with Gasteiger partial charge in [-0.3, -0.25) is 0 Å². The van der Waals surface area contributed by atoms with Crippen LogP contribution in [0.5, 0.6) is 5.75 Å². The number of benzene rings is 2. The molecule has 6 nitrogen and oxygen atoms in total. The Labute approximate surface area is 168 Å². The maximum atomic E-state index is 12.8. The number of hydrogen-bond acceptors (Lipinski definition) is 5. The van der Waals surface area contributed by atoms with Crippen molar-refractivity contribution in [3.63, 3.8) is 0 Å². The molecule has 10 heteroatoms. The first kappa shape index (κ1) is 20.7. The van der Waals surface area contributed by atoms with E-state index in [1.807, 2.05) is 0 Å². The summed E-state index contributed by atoms with van der Waals surface area (Å²) in [5, 5.41) is 26.6. The van der Waals surface area contributed by atoms with Crippen LogP contribution < -0.4 is 0 Å². The molecule has 0 saturated carbocycles. The molecule has 0 unspecified atom stereocenters. The molecule has 0 radical (unpaired) electrons. The fraction of sp³-hybridized carbons (Fsp3) is 0.211. The second kappa shape index (κ2) is 8.56. The van der Waals surface area contributed by atoms with Gasteiger partial charge in [0, 0.05) is 17.1 Å². The maximum Gasteiger partial charge on any atom is 0.416 e. The highest BCUT2D eigenvalue weighted by molar-refractivity contribution is 7.98. The minimum atomic E-state index is -4.41. The standard InChI is InChI=1S/C19H16F3N3O3S/c20-19(21,22)13-2-1-3-16(9-13)29-11-14-10-25(24-23-14)17(18(27)28)8-12-4-6-15(26)7-5-12/h1-7,9-10,17,26H,8,11H2,(H,27,28)/t17-/m1/s1. The Morgan fingerprint density at radius 2 is 1.90 bits per heavy atom. The van der Waals surface area contributed by atoms with E-state index in [4.69, 9.17) is 0 Å². The predicted molar refractivity (Wildman–Crippen MR) is 99.5 cm³/mol. The van der Waals surface area contributed by atoms with Gasteiger partial charge in [0.1, 0.15) is 5.75 Å². The van der Waals surface area contributed by atoms with Crippen LogP contribution in [0.4, 0.5) is 13.2 Å². The number of carboxylic acid groups (broad SMARTS) is 1. The number of carboxylic acids is 1. The first-order chi connectivity index (χ1) is 13.7. The molecule has 0 bridgehead atoms. The van der Waals surface area contributed by atoms with Crippen molar-refractivity contribution in [2.45, 2.75) is 29.3 Å². The molecule has 3 rings (SSSR count). The molecule has 2 N–H and O–H groups in total. The van der Waals surface area contributed by atoms with Crippen molar-refractivity contribution in [2.24, 2.45) is 0 Å². The highest BCUT2D eigenvalue weighted by Gasteiger charge is 2.30. The van der Waals surface area contributed by atoms with E-state index in [-0.39, 0.29) is 17.9 Å². The van der Waals surface area contributed by atoms with Gasteiger partial charge in [-0.1, -0.05) is 23.4 Å². The molecule has 0 spiro atoms. The van der Waals surface area contributed by atoms with Gasteiger partial charge in [-0.05, 0) is 35.9 Å². The van der Waals surface area contributed by atoms with Gasteiger partial charge in [-0.25, -0.2) is 9.48 Å². The van der Waals surface area contributed by atoms with Gasteiger partial charge in [0.25, 0.3) is 0 Å². The second-order valence-corrected chi connectivity index (χ2v) is 7.28. The smallest absolute Gasteiger partial charge is 0.416 e. The molecular weight excluding hydrogens is 407 g/mol. The van der Waals surface area contributed by atoms with E-state index in [1.54, 1.807) is 18.2 Å². The third kappa shape index (κ3) is 5.50. The lowest BCUT2D eigenvalue weighted by molar-refractivity contribution is -0.141. The van der Waals surface area contributed by atoms with Crippen LogP contribution in [0, 0.1) is 0 Å². The van der Waals surface area contributed by atoms with E-state index < -0.39 is 23.8 Å². The summed E-state index contributed by atoms with van der Waals surface area (Å²) in [6.45, 7) is 0. The predicted octanol–water partition coefficient (Wildman–Crippen LogP) is 4.16. The quantitative estimate of drug-likeness (QED) is 0.555. The topological polar surface area (TPSA) is 88.2 Å². The van der Waals surface area contributed by atoms with Gasteiger partial charge in [-0.15, -0.1) is 16.9 Å². The Hall–Kier alpha value is -3.01. The van der Waals surface area contributed by atoms with E-state index in [0.717, 1.165) is 23.9 Å². The number of rotatable bonds is 7. The van der Waals surface area contributed by atoms with Crippen LogP contribution in [0.25, 0.3) is 0 Å². The lowest BCUT2D eigenvalue weighted by atomic mass is 10.1. The Morgan fingerprint density at radius 1 is 1.17 bits per heavy atom. The highest BCUT2D eigenvalue weighted by atomic mass is 32.2. The molecular formula is C19H16F3N3O3S. The first-order valence-corrected chi connectivity index (χ1v) is 9.42. The van der Waals surface area contributed by atoms with Crippen molar-refractivity contribution in [2.75, 3.05) is 0 Å². The molecule has 0 aliphatic carbocycles. The number of halogens is 3. The van der Waals surface area contributed by atoms with Crippen molar-refractivity contribution >= 4 is 17.7 Å². The lowest BCUT2D eigenvalue weighted by Gasteiger charge is -2.12. The number of alkyl halides is 3. The number of carbonyl (C=O) groups is 1. The molecule has 2 aromatic carbocycles. The maximum absolute atomic E-state index is 12.8. The molecule has 152 valence electrons. The summed E-state index contributed by atoms with van der Waals surface area (Å²) >= 11 is 1.15. The zero-order chi connectivity index (χ0) is 21.0. The number of nitrogens with zero attached hydrogens (tertiary/aromatic N) is 3. The second-order valence-electron chi connectivity index (χ2n) is 6.23. The summed E-state index contributed by atoms with van der Waals surface area (Å²) in [5.74, 6) is -0.775. The van der Waals surface area contributed by atoms with E-state index in [9.17, 15) is 28.2 Å². The van der Waals surface area contributed by atoms with Gasteiger partial charge in [0.2, 0.25) is 0 Å². The molecule has 0 aliphatic heterocycles. The van der Waals surface area contributed by atoms with Crippen LogP contribution in [0.2, 0.25) is 0 Å². The van der Waals surface area contributed by atoms with Crippen LogP contribution in [0.1, 0.15) is 22.9 Å². The van der Waals surface area contributed by atoms with Crippen LogP contribution in [-0.4, -0.2) is 31.2 Å². The molecule has 1 atom stereocenters. The third-order valence-corrected chi connectivity index (χ3v) is 5.10. The number of hydrogen-bond donors (Lipinski definition) is 2. The summed E-state index contributed by atoms with van der Waals surface area (Å²) in [6, 6.07) is 10.1. The summed E-state index contributed by atoms with van der Waals surface area (Å²) < 4.78 is 39.6. The van der Waals surface area contributed by atoms with Crippen LogP contribution in [0.3, 0.4) is 0 Å². The minimum absolute atomic E-state index is 0.0790. The molecule has 0 aliphatic rings. The summed E-state index contributed by atoms with van der Waals surface area (Å²) in [6.07, 6.45) is -2.80. The Balaban J connectivity index is 1.68. The van der Waals surface area contributed by atoms with Gasteiger partial charge < -0.3 is 10.2 Å². The fourth-order valence-electron chi connectivity index (χ4n) is 2.60. The molecule has 3 aromatic rings. The number of thioether (sulfide) groups is 1. The molecule has 0 saturated heterocycles. The third-order valence-electron chi connectivity index (χ3n) is 4.08. The lowest BCUT2D eigenvalue weighted by Crippen LogP contribution is -2.22. The van der Waals surface area contributed by atoms with E-state index >= 15 is 0 Å². The largest absolute Gasteiger partial charge is 0.508 e. The van der Waals surface area contributed by atoms with Gasteiger partial charge in [0.15, 0.2) is 6.04 Å². The van der Waals surface area contributed by atoms with E-state index in [0.29, 0.717) is 16.2 Å². The molecule has 29 heavy (non-hydrogen) atoms. The number of phenols is 1. The zero-order valence-electron chi connectivity index (χ0n) is 14.9. The van der Waals surface area contributed by atoms with Crippen molar-refractivity contribution in [1.82, 2.24) is 15.0 Å². The van der Waals surface area contributed by atoms with E-state index in [1.165, 1.54) is 29.1 Å². The minimum Gasteiger partial charge on any atom is -0.508 e. The van der Waals surface area contributed by atoms with Crippen LogP contribution in [0.15, 0.2) is 59.6 Å². The Kier molecular flexibility index (Phi) is 6.12. The zero-order valence-corrected chi connectivity index (χ0v) is 15.7. The van der Waals surface area contributed by atoms with Crippen molar-refractivity contribution < 1.29 is 28.2 Å². The highest BCUT2D eigenvalue weighted by Crippen LogP contribution is 2.32. The van der Waals surface area contributed by atoms with Crippen molar-refractivity contribution in [1.29, 1.82) is 0 Å². The number of aromatic nitrogens is 3. The van der Waals surface area contributed by atoms with Crippen molar-refractivity contribution in [3.8, 4) is 5.75 Å². The van der Waals surface area contributed by atoms with E-state index in [2.05, 4.69) is 10.3 Å². The van der Waals surface area contributed by atoms with Crippen LogP contribution >= 0.6 is 11.8 Å². The fourth-order valence-corrected chi connectivity index (χ4v) is 3.43. The van der Waals surface area contributed by atoms with Crippen molar-refractivity contribution in [3.05, 3.63) is 71.5 Å².